The fourth-order valence-electron chi connectivity index (χ4n) is 3.43. The summed E-state index contributed by atoms with van der Waals surface area (Å²) in [6.45, 7) is 8.14. The average Bonchev–Trinajstić information content (AvgIpc) is 2.67. The predicted molar refractivity (Wildman–Crippen MR) is 98.5 cm³/mol. The molecule has 0 bridgehead atoms. The van der Waals surface area contributed by atoms with Gasteiger partial charge in [-0.1, -0.05) is 18.2 Å². The Bertz CT molecular complexity index is 578. The molecule has 2 saturated heterocycles. The summed E-state index contributed by atoms with van der Waals surface area (Å²) in [4.78, 5) is 15.8. The van der Waals surface area contributed by atoms with E-state index < -0.39 is 12.0 Å². The zero-order chi connectivity index (χ0) is 18.2. The van der Waals surface area contributed by atoms with E-state index in [0.29, 0.717) is 26.2 Å². The Morgan fingerprint density at radius 1 is 1.23 bits per heavy atom. The van der Waals surface area contributed by atoms with Crippen molar-refractivity contribution in [2.75, 3.05) is 59.1 Å². The Balaban J connectivity index is 1.47. The smallest absolute Gasteiger partial charge is 0.322 e. The molecule has 0 spiro atoms. The van der Waals surface area contributed by atoms with E-state index in [1.807, 2.05) is 18.2 Å². The van der Waals surface area contributed by atoms with Crippen LogP contribution in [0.3, 0.4) is 0 Å². The van der Waals surface area contributed by atoms with Crippen LogP contribution in [0.5, 0.6) is 5.75 Å². The van der Waals surface area contributed by atoms with Crippen molar-refractivity contribution < 1.29 is 19.4 Å². The second-order valence-corrected chi connectivity index (χ2v) is 6.84. The number of nitrogens with one attached hydrogen (secondary N) is 1. The molecule has 0 saturated carbocycles. The fourth-order valence-corrected chi connectivity index (χ4v) is 3.43. The summed E-state index contributed by atoms with van der Waals surface area (Å²) in [5.74, 6) is 0.113. The summed E-state index contributed by atoms with van der Waals surface area (Å²) >= 11 is 0. The third-order valence-corrected chi connectivity index (χ3v) is 4.90. The summed E-state index contributed by atoms with van der Waals surface area (Å²) in [6.07, 6.45) is 0.989. The van der Waals surface area contributed by atoms with Gasteiger partial charge in [-0.2, -0.15) is 0 Å². The lowest BCUT2D eigenvalue weighted by atomic mass is 10.1. The largest absolute Gasteiger partial charge is 0.493 e. The summed E-state index contributed by atoms with van der Waals surface area (Å²) in [5.41, 5.74) is 1.12. The van der Waals surface area contributed by atoms with Crippen LogP contribution in [0.25, 0.3) is 0 Å². The monoisotopic (exact) mass is 363 g/mol. The molecule has 1 atom stereocenters. The van der Waals surface area contributed by atoms with Gasteiger partial charge in [0, 0.05) is 51.4 Å². The molecule has 2 fully saturated rings. The van der Waals surface area contributed by atoms with Crippen molar-refractivity contribution in [3.8, 4) is 5.75 Å². The quantitative estimate of drug-likeness (QED) is 0.657. The minimum atomic E-state index is -0.789. The van der Waals surface area contributed by atoms with Gasteiger partial charge in [0.15, 0.2) is 0 Å². The number of benzene rings is 1. The number of carboxylic acid groups (broad SMARTS) is 1. The van der Waals surface area contributed by atoms with E-state index in [4.69, 9.17) is 9.47 Å². The van der Waals surface area contributed by atoms with Crippen molar-refractivity contribution in [1.29, 1.82) is 0 Å². The lowest BCUT2D eigenvalue weighted by Crippen LogP contribution is -2.53. The Morgan fingerprint density at radius 3 is 2.85 bits per heavy atom. The fraction of sp³-hybridized carbons (Fsp3) is 0.632. The molecule has 26 heavy (non-hydrogen) atoms. The topological polar surface area (TPSA) is 74.3 Å². The molecule has 144 valence electrons. The van der Waals surface area contributed by atoms with Crippen molar-refractivity contribution in [1.82, 2.24) is 15.1 Å². The van der Waals surface area contributed by atoms with E-state index in [2.05, 4.69) is 21.2 Å². The number of rotatable bonds is 8. The number of hydrogen-bond acceptors (Lipinski definition) is 6. The van der Waals surface area contributed by atoms with Crippen LogP contribution in [0.15, 0.2) is 24.3 Å². The first-order chi connectivity index (χ1) is 12.7. The maximum atomic E-state index is 11.2. The normalized spacial score (nSPS) is 22.2. The highest BCUT2D eigenvalue weighted by molar-refractivity contribution is 5.73. The van der Waals surface area contributed by atoms with Crippen LogP contribution in [-0.2, 0) is 16.1 Å². The molecule has 2 aliphatic heterocycles. The number of carboxylic acids is 1. The molecule has 1 aromatic carbocycles. The van der Waals surface area contributed by atoms with Gasteiger partial charge in [0.25, 0.3) is 0 Å². The molecule has 2 aliphatic rings. The molecule has 0 aromatic heterocycles. The molecule has 1 aromatic rings. The molecule has 1 unspecified atom stereocenters. The standard InChI is InChI=1S/C19H29N3O4/c23-19(24)17-15-22(8-6-20-17)14-16-4-1-2-5-18(16)26-11-3-7-21-9-12-25-13-10-21/h1-2,4-5,17,20H,3,6-15H2,(H,23,24). The van der Waals surface area contributed by atoms with E-state index in [1.165, 1.54) is 0 Å². The number of ether oxygens (including phenoxy) is 2. The molecule has 7 heteroatoms. The van der Waals surface area contributed by atoms with Gasteiger partial charge < -0.3 is 19.9 Å². The highest BCUT2D eigenvalue weighted by Crippen LogP contribution is 2.21. The number of morpholine rings is 1. The van der Waals surface area contributed by atoms with Crippen molar-refractivity contribution in [2.24, 2.45) is 0 Å². The molecule has 0 aliphatic carbocycles. The SMILES string of the molecule is O=C(O)C1CN(Cc2ccccc2OCCCN2CCOCC2)CCN1. The van der Waals surface area contributed by atoms with Crippen LogP contribution in [0.1, 0.15) is 12.0 Å². The van der Waals surface area contributed by atoms with Gasteiger partial charge in [0.1, 0.15) is 11.8 Å². The van der Waals surface area contributed by atoms with Gasteiger partial charge in [-0.25, -0.2) is 0 Å². The van der Waals surface area contributed by atoms with E-state index in [1.54, 1.807) is 0 Å². The van der Waals surface area contributed by atoms with E-state index in [-0.39, 0.29) is 0 Å². The molecular formula is C19H29N3O4. The predicted octanol–water partition coefficient (Wildman–Crippen LogP) is 0.646. The van der Waals surface area contributed by atoms with Crippen LogP contribution in [-0.4, -0.2) is 86.0 Å². The molecule has 2 N–H and O–H groups in total. The van der Waals surface area contributed by atoms with Gasteiger partial charge in [0.05, 0.1) is 19.8 Å². The highest BCUT2D eigenvalue weighted by Gasteiger charge is 2.25. The van der Waals surface area contributed by atoms with Crippen molar-refractivity contribution in [3.63, 3.8) is 0 Å². The van der Waals surface area contributed by atoms with Gasteiger partial charge in [-0.05, 0) is 12.5 Å². The number of hydrogen-bond donors (Lipinski definition) is 2. The minimum Gasteiger partial charge on any atom is -0.493 e. The van der Waals surface area contributed by atoms with Crippen LogP contribution < -0.4 is 10.1 Å². The van der Waals surface area contributed by atoms with Gasteiger partial charge in [-0.3, -0.25) is 14.6 Å². The van der Waals surface area contributed by atoms with Crippen molar-refractivity contribution in [2.45, 2.75) is 19.0 Å². The lowest BCUT2D eigenvalue weighted by molar-refractivity contribution is -0.140. The third-order valence-electron chi connectivity index (χ3n) is 4.90. The molecule has 0 amide bonds. The zero-order valence-electron chi connectivity index (χ0n) is 15.2. The van der Waals surface area contributed by atoms with Gasteiger partial charge >= 0.3 is 5.97 Å². The Kier molecular flexibility index (Phi) is 7.25. The summed E-state index contributed by atoms with van der Waals surface area (Å²) in [7, 11) is 0. The molecule has 0 radical (unpaired) electrons. The number of aliphatic carboxylic acids is 1. The summed E-state index contributed by atoms with van der Waals surface area (Å²) in [6, 6.07) is 7.56. The molecule has 3 rings (SSSR count). The lowest BCUT2D eigenvalue weighted by Gasteiger charge is -2.31. The summed E-state index contributed by atoms with van der Waals surface area (Å²) < 4.78 is 11.4. The average molecular weight is 363 g/mol. The zero-order valence-corrected chi connectivity index (χ0v) is 15.2. The first-order valence-corrected chi connectivity index (χ1v) is 9.42. The third kappa shape index (κ3) is 5.67. The second kappa shape index (κ2) is 9.87. The Morgan fingerprint density at radius 2 is 2.04 bits per heavy atom. The number of para-hydroxylation sites is 1. The number of piperazine rings is 1. The van der Waals surface area contributed by atoms with E-state index in [9.17, 15) is 9.90 Å². The van der Waals surface area contributed by atoms with Crippen molar-refractivity contribution >= 4 is 5.97 Å². The number of nitrogens with zero attached hydrogens (tertiary/aromatic N) is 2. The molecule has 7 nitrogen and oxygen atoms in total. The maximum absolute atomic E-state index is 11.2. The first kappa shape index (κ1) is 19.1. The molecular weight excluding hydrogens is 334 g/mol. The van der Waals surface area contributed by atoms with Gasteiger partial charge in [-0.15, -0.1) is 0 Å². The molecule has 2 heterocycles. The van der Waals surface area contributed by atoms with Crippen molar-refractivity contribution in [3.05, 3.63) is 29.8 Å². The maximum Gasteiger partial charge on any atom is 0.322 e. The minimum absolute atomic E-state index is 0.495. The second-order valence-electron chi connectivity index (χ2n) is 6.84. The summed E-state index contributed by atoms with van der Waals surface area (Å²) in [5, 5.41) is 12.2. The highest BCUT2D eigenvalue weighted by atomic mass is 16.5. The van der Waals surface area contributed by atoms with Crippen LogP contribution >= 0.6 is 0 Å². The van der Waals surface area contributed by atoms with E-state index >= 15 is 0 Å². The van der Waals surface area contributed by atoms with E-state index in [0.717, 1.165) is 57.1 Å². The van der Waals surface area contributed by atoms with Crippen LogP contribution in [0, 0.1) is 0 Å². The van der Waals surface area contributed by atoms with Crippen LogP contribution in [0.4, 0.5) is 0 Å². The Labute approximate surface area is 154 Å². The van der Waals surface area contributed by atoms with Gasteiger partial charge in [0.2, 0.25) is 0 Å². The first-order valence-electron chi connectivity index (χ1n) is 9.42. The number of carbonyl (C=O) groups is 1. The van der Waals surface area contributed by atoms with Crippen LogP contribution in [0.2, 0.25) is 0 Å². The Hall–Kier alpha value is -1.67.